The number of hydrogen-bond acceptors (Lipinski definition) is 6. The van der Waals surface area contributed by atoms with Crippen molar-refractivity contribution in [2.75, 3.05) is 26.4 Å². The molecule has 0 saturated heterocycles. The smallest absolute Gasteiger partial charge is 0.434 e. The molecule has 0 rings (SSSR count). The molecule has 0 aromatic rings. The number of unbranched alkanes of at least 4 members (excludes halogenated alkanes) is 1. The molecule has 0 aliphatic carbocycles. The van der Waals surface area contributed by atoms with E-state index in [9.17, 15) is 9.59 Å². The Kier molecular flexibility index (Phi) is 9.82. The molecule has 0 saturated carbocycles. The van der Waals surface area contributed by atoms with Crippen LogP contribution in [0.5, 0.6) is 0 Å². The van der Waals surface area contributed by atoms with Crippen LogP contribution in [-0.2, 0) is 18.9 Å². The van der Waals surface area contributed by atoms with Gasteiger partial charge >= 0.3 is 12.3 Å². The highest BCUT2D eigenvalue weighted by Gasteiger charge is 2.05. The van der Waals surface area contributed by atoms with Crippen molar-refractivity contribution in [2.24, 2.45) is 0 Å². The standard InChI is InChI=1S/C14H22O6/c1-11(2)9-19-13(15)17-7-5-6-8-18-14(16)20-10-12(3)4/h1,3,5-10H2,2,4H3. The first-order valence-corrected chi connectivity index (χ1v) is 6.29. The Labute approximate surface area is 119 Å². The van der Waals surface area contributed by atoms with Crippen molar-refractivity contribution in [2.45, 2.75) is 26.7 Å². The molecule has 0 bridgehead atoms. The summed E-state index contributed by atoms with van der Waals surface area (Å²) in [6.45, 7) is 11.4. The molecule has 20 heavy (non-hydrogen) atoms. The summed E-state index contributed by atoms with van der Waals surface area (Å²) in [6.07, 6.45) is -0.323. The van der Waals surface area contributed by atoms with Crippen molar-refractivity contribution in [1.29, 1.82) is 0 Å². The van der Waals surface area contributed by atoms with Gasteiger partial charge in [0, 0.05) is 0 Å². The van der Waals surface area contributed by atoms with Gasteiger partial charge in [0.2, 0.25) is 0 Å². The van der Waals surface area contributed by atoms with Gasteiger partial charge in [-0.15, -0.1) is 0 Å². The lowest BCUT2D eigenvalue weighted by molar-refractivity contribution is 0.0496. The van der Waals surface area contributed by atoms with Gasteiger partial charge in [-0.1, -0.05) is 13.2 Å². The predicted molar refractivity (Wildman–Crippen MR) is 73.5 cm³/mol. The third-order valence-corrected chi connectivity index (χ3v) is 1.85. The first kappa shape index (κ1) is 18.0. The first-order chi connectivity index (χ1) is 9.41. The van der Waals surface area contributed by atoms with Crippen molar-refractivity contribution in [1.82, 2.24) is 0 Å². The Balaban J connectivity index is 3.39. The quantitative estimate of drug-likeness (QED) is 0.368. The first-order valence-electron chi connectivity index (χ1n) is 6.29. The molecule has 0 aromatic heterocycles. The van der Waals surface area contributed by atoms with E-state index < -0.39 is 12.3 Å². The lowest BCUT2D eigenvalue weighted by atomic mass is 10.3. The van der Waals surface area contributed by atoms with Crippen LogP contribution in [0, 0.1) is 0 Å². The van der Waals surface area contributed by atoms with Crippen LogP contribution in [0.2, 0.25) is 0 Å². The summed E-state index contributed by atoms with van der Waals surface area (Å²) >= 11 is 0. The maximum absolute atomic E-state index is 11.0. The second-order valence-corrected chi connectivity index (χ2v) is 4.40. The number of hydrogen-bond donors (Lipinski definition) is 0. The lowest BCUT2D eigenvalue weighted by Gasteiger charge is -2.07. The molecule has 0 atom stereocenters. The summed E-state index contributed by atoms with van der Waals surface area (Å²) in [4.78, 5) is 22.1. The SMILES string of the molecule is C=C(C)COC(=O)OCCCCOC(=O)OCC(=C)C. The Bertz CT molecular complexity index is 314. The van der Waals surface area contributed by atoms with Gasteiger partial charge in [0.25, 0.3) is 0 Å². The van der Waals surface area contributed by atoms with Gasteiger partial charge in [-0.2, -0.15) is 0 Å². The van der Waals surface area contributed by atoms with E-state index in [0.717, 1.165) is 11.1 Å². The topological polar surface area (TPSA) is 71.1 Å². The van der Waals surface area contributed by atoms with E-state index in [2.05, 4.69) is 13.2 Å². The molecular formula is C14H22O6. The van der Waals surface area contributed by atoms with Crippen molar-refractivity contribution in [3.05, 3.63) is 24.3 Å². The summed E-state index contributed by atoms with van der Waals surface area (Å²) in [6, 6.07) is 0. The maximum Gasteiger partial charge on any atom is 0.508 e. The van der Waals surface area contributed by atoms with E-state index in [4.69, 9.17) is 18.9 Å². The van der Waals surface area contributed by atoms with E-state index in [1.165, 1.54) is 0 Å². The van der Waals surface area contributed by atoms with E-state index in [1.807, 2.05) is 0 Å². The average Bonchev–Trinajstić information content (AvgIpc) is 2.37. The molecule has 0 heterocycles. The second kappa shape index (κ2) is 10.9. The van der Waals surface area contributed by atoms with Crippen LogP contribution in [-0.4, -0.2) is 38.7 Å². The van der Waals surface area contributed by atoms with Gasteiger partial charge in [0.1, 0.15) is 13.2 Å². The fraction of sp³-hybridized carbons (Fsp3) is 0.571. The van der Waals surface area contributed by atoms with Crippen LogP contribution >= 0.6 is 0 Å². The normalized spacial score (nSPS) is 9.50. The molecule has 114 valence electrons. The van der Waals surface area contributed by atoms with Crippen molar-refractivity contribution in [3.63, 3.8) is 0 Å². The highest BCUT2D eigenvalue weighted by atomic mass is 16.7. The van der Waals surface area contributed by atoms with Gasteiger partial charge < -0.3 is 18.9 Å². The van der Waals surface area contributed by atoms with Crippen LogP contribution in [0.25, 0.3) is 0 Å². The Morgan fingerprint density at radius 1 is 0.750 bits per heavy atom. The summed E-state index contributed by atoms with van der Waals surface area (Å²) in [5, 5.41) is 0. The minimum atomic E-state index is -0.727. The van der Waals surface area contributed by atoms with Crippen molar-refractivity contribution in [3.8, 4) is 0 Å². The third kappa shape index (κ3) is 12.5. The van der Waals surface area contributed by atoms with Crippen molar-refractivity contribution < 1.29 is 28.5 Å². The minimum absolute atomic E-state index is 0.149. The number of ether oxygens (including phenoxy) is 4. The molecular weight excluding hydrogens is 264 g/mol. The lowest BCUT2D eigenvalue weighted by Crippen LogP contribution is -2.12. The molecule has 0 aliphatic heterocycles. The van der Waals surface area contributed by atoms with E-state index in [-0.39, 0.29) is 26.4 Å². The monoisotopic (exact) mass is 286 g/mol. The third-order valence-electron chi connectivity index (χ3n) is 1.85. The molecule has 0 aliphatic rings. The molecule has 0 aromatic carbocycles. The van der Waals surface area contributed by atoms with Crippen LogP contribution in [0.4, 0.5) is 9.59 Å². The predicted octanol–water partition coefficient (Wildman–Crippen LogP) is 3.23. The molecule has 0 unspecified atom stereocenters. The number of carbonyl (C=O) groups excluding carboxylic acids is 2. The molecule has 0 radical (unpaired) electrons. The fourth-order valence-corrected chi connectivity index (χ4v) is 0.963. The molecule has 6 heteroatoms. The van der Waals surface area contributed by atoms with Crippen molar-refractivity contribution >= 4 is 12.3 Å². The highest BCUT2D eigenvalue weighted by Crippen LogP contribution is 1.98. The van der Waals surface area contributed by atoms with Gasteiger partial charge in [-0.25, -0.2) is 9.59 Å². The van der Waals surface area contributed by atoms with Crippen LogP contribution in [0.15, 0.2) is 24.3 Å². The largest absolute Gasteiger partial charge is 0.508 e. The Hall–Kier alpha value is -1.98. The van der Waals surface area contributed by atoms with Gasteiger partial charge in [-0.05, 0) is 37.8 Å². The van der Waals surface area contributed by atoms with Gasteiger partial charge in [0.05, 0.1) is 13.2 Å². The Morgan fingerprint density at radius 3 is 1.40 bits per heavy atom. The molecule has 0 amide bonds. The van der Waals surface area contributed by atoms with E-state index in [1.54, 1.807) is 13.8 Å². The molecule has 0 fully saturated rings. The number of carbonyl (C=O) groups is 2. The summed E-state index contributed by atoms with van der Waals surface area (Å²) in [5.74, 6) is 0. The number of rotatable bonds is 9. The second-order valence-electron chi connectivity index (χ2n) is 4.40. The van der Waals surface area contributed by atoms with Gasteiger partial charge in [0.15, 0.2) is 0 Å². The van der Waals surface area contributed by atoms with Crippen LogP contribution in [0.3, 0.4) is 0 Å². The molecule has 6 nitrogen and oxygen atoms in total. The minimum Gasteiger partial charge on any atom is -0.434 e. The van der Waals surface area contributed by atoms with Crippen LogP contribution in [0.1, 0.15) is 26.7 Å². The van der Waals surface area contributed by atoms with E-state index >= 15 is 0 Å². The summed E-state index contributed by atoms with van der Waals surface area (Å²) < 4.78 is 19.0. The zero-order valence-electron chi connectivity index (χ0n) is 12.1. The highest BCUT2D eigenvalue weighted by molar-refractivity contribution is 5.60. The molecule has 0 spiro atoms. The summed E-state index contributed by atoms with van der Waals surface area (Å²) in [5.41, 5.74) is 1.48. The maximum atomic E-state index is 11.0. The zero-order valence-corrected chi connectivity index (χ0v) is 12.1. The molecule has 0 N–H and O–H groups in total. The fourth-order valence-electron chi connectivity index (χ4n) is 0.963. The average molecular weight is 286 g/mol. The van der Waals surface area contributed by atoms with Crippen LogP contribution < -0.4 is 0 Å². The zero-order chi connectivity index (χ0) is 15.4. The van der Waals surface area contributed by atoms with Gasteiger partial charge in [-0.3, -0.25) is 0 Å². The summed E-state index contributed by atoms with van der Waals surface area (Å²) in [7, 11) is 0. The Morgan fingerprint density at radius 2 is 1.10 bits per heavy atom. The van der Waals surface area contributed by atoms with E-state index in [0.29, 0.717) is 12.8 Å².